The summed E-state index contributed by atoms with van der Waals surface area (Å²) < 4.78 is 13.6. The van der Waals surface area contributed by atoms with E-state index < -0.39 is 0 Å². The number of aromatic nitrogens is 1. The second-order valence-electron chi connectivity index (χ2n) is 9.41. The summed E-state index contributed by atoms with van der Waals surface area (Å²) in [5.41, 5.74) is 7.08. The summed E-state index contributed by atoms with van der Waals surface area (Å²) in [7, 11) is 3.38. The summed E-state index contributed by atoms with van der Waals surface area (Å²) in [6, 6.07) is 7.96. The molecule has 1 aliphatic carbocycles. The molecular formula is C27H39N3O3. The molecule has 4 rings (SSSR count). The molecule has 2 aliphatic rings. The topological polar surface area (TPSA) is 55.7 Å². The maximum absolute atomic E-state index is 13.4. The number of hydrazine groups is 1. The summed E-state index contributed by atoms with van der Waals surface area (Å²) in [6.45, 7) is 4.94. The fourth-order valence-corrected chi connectivity index (χ4v) is 5.45. The van der Waals surface area contributed by atoms with Crippen molar-refractivity contribution in [1.29, 1.82) is 0 Å². The van der Waals surface area contributed by atoms with Crippen molar-refractivity contribution in [2.45, 2.75) is 71.3 Å². The first-order valence-corrected chi connectivity index (χ1v) is 12.6. The Hall–Kier alpha value is -2.47. The molecule has 0 radical (unpaired) electrons. The van der Waals surface area contributed by atoms with Gasteiger partial charge < -0.3 is 14.0 Å². The van der Waals surface area contributed by atoms with E-state index in [9.17, 15) is 4.79 Å². The zero-order valence-corrected chi connectivity index (χ0v) is 20.5. The van der Waals surface area contributed by atoms with E-state index >= 15 is 0 Å². The lowest BCUT2D eigenvalue weighted by Gasteiger charge is -2.27. The molecule has 6 heteroatoms. The monoisotopic (exact) mass is 453 g/mol. The molecule has 6 nitrogen and oxygen atoms in total. The van der Waals surface area contributed by atoms with Gasteiger partial charge in [-0.25, -0.2) is 5.01 Å². The van der Waals surface area contributed by atoms with Gasteiger partial charge in [-0.2, -0.15) is 0 Å². The highest BCUT2D eigenvalue weighted by Gasteiger charge is 2.26. The van der Waals surface area contributed by atoms with Crippen LogP contribution in [-0.2, 0) is 13.0 Å². The summed E-state index contributed by atoms with van der Waals surface area (Å²) in [5.74, 6) is 2.22. The Morgan fingerprint density at radius 3 is 2.39 bits per heavy atom. The third-order valence-electron chi connectivity index (χ3n) is 7.25. The van der Waals surface area contributed by atoms with Crippen molar-refractivity contribution >= 4 is 5.91 Å². The summed E-state index contributed by atoms with van der Waals surface area (Å²) in [5, 5.41) is 2.08. The number of carbonyl (C=O) groups excluding carboxylic acids is 1. The third-order valence-corrected chi connectivity index (χ3v) is 7.25. The largest absolute Gasteiger partial charge is 0.497 e. The van der Waals surface area contributed by atoms with Crippen LogP contribution < -0.4 is 14.9 Å². The number of amides is 1. The molecule has 1 aromatic heterocycles. The van der Waals surface area contributed by atoms with Gasteiger partial charge in [-0.05, 0) is 62.3 Å². The molecule has 33 heavy (non-hydrogen) atoms. The molecule has 1 saturated carbocycles. The predicted octanol–water partition coefficient (Wildman–Crippen LogP) is 5.45. The zero-order chi connectivity index (χ0) is 23.2. The van der Waals surface area contributed by atoms with Crippen LogP contribution in [0.4, 0.5) is 0 Å². The van der Waals surface area contributed by atoms with Gasteiger partial charge in [-0.3, -0.25) is 10.2 Å². The molecule has 0 spiro atoms. The lowest BCUT2D eigenvalue weighted by atomic mass is 9.89. The molecule has 0 unspecified atom stereocenters. The molecule has 1 aliphatic heterocycles. The Morgan fingerprint density at radius 1 is 1.00 bits per heavy atom. The maximum Gasteiger partial charge on any atom is 0.267 e. The highest BCUT2D eigenvalue weighted by Crippen LogP contribution is 2.38. The SMILES string of the molecule is CCc1c(C(=O)NN2CCCCC2)cc(-c2cc(OC)ccc2OC)n1CC1CCCCC1. The number of hydrogen-bond donors (Lipinski definition) is 1. The molecule has 1 amide bonds. The summed E-state index contributed by atoms with van der Waals surface area (Å²) in [6.07, 6.45) is 10.8. The van der Waals surface area contributed by atoms with E-state index in [4.69, 9.17) is 9.47 Å². The zero-order valence-electron chi connectivity index (χ0n) is 20.5. The van der Waals surface area contributed by atoms with Gasteiger partial charge in [0.1, 0.15) is 11.5 Å². The second-order valence-corrected chi connectivity index (χ2v) is 9.41. The fraction of sp³-hybridized carbons (Fsp3) is 0.593. The van der Waals surface area contributed by atoms with Crippen LogP contribution >= 0.6 is 0 Å². The number of carbonyl (C=O) groups is 1. The highest BCUT2D eigenvalue weighted by molar-refractivity contribution is 5.97. The van der Waals surface area contributed by atoms with E-state index in [0.717, 1.165) is 72.9 Å². The Kier molecular flexibility index (Phi) is 7.97. The van der Waals surface area contributed by atoms with Crippen LogP contribution in [0, 0.1) is 5.92 Å². The van der Waals surface area contributed by atoms with E-state index in [1.807, 2.05) is 18.2 Å². The Balaban J connectivity index is 1.76. The van der Waals surface area contributed by atoms with Gasteiger partial charge in [-0.1, -0.05) is 32.6 Å². The summed E-state index contributed by atoms with van der Waals surface area (Å²) >= 11 is 0. The molecule has 180 valence electrons. The van der Waals surface area contributed by atoms with E-state index in [2.05, 4.69) is 28.0 Å². The van der Waals surface area contributed by atoms with Crippen molar-refractivity contribution in [1.82, 2.24) is 15.0 Å². The normalized spacial score (nSPS) is 17.7. The number of benzene rings is 1. The number of piperidine rings is 1. The molecule has 2 aromatic rings. The van der Waals surface area contributed by atoms with Crippen LogP contribution in [0.15, 0.2) is 24.3 Å². The lowest BCUT2D eigenvalue weighted by molar-refractivity contribution is 0.0749. The van der Waals surface area contributed by atoms with Gasteiger partial charge in [0.15, 0.2) is 0 Å². The Morgan fingerprint density at radius 2 is 1.73 bits per heavy atom. The van der Waals surface area contributed by atoms with Crippen molar-refractivity contribution in [3.63, 3.8) is 0 Å². The first-order valence-electron chi connectivity index (χ1n) is 12.6. The Bertz CT molecular complexity index is 940. The molecule has 1 aromatic carbocycles. The number of methoxy groups -OCH3 is 2. The minimum atomic E-state index is -0.000688. The van der Waals surface area contributed by atoms with Gasteiger partial charge in [0, 0.05) is 30.9 Å². The first-order chi connectivity index (χ1) is 16.1. The minimum absolute atomic E-state index is 0.000688. The van der Waals surface area contributed by atoms with Crippen molar-refractivity contribution < 1.29 is 14.3 Å². The van der Waals surface area contributed by atoms with E-state index in [1.165, 1.54) is 38.5 Å². The standard InChI is InChI=1S/C27H39N3O3/c1-4-24-23(27(31)28-29-15-9-6-10-16-29)18-25(30(24)19-20-11-7-5-8-12-20)22-17-21(32-2)13-14-26(22)33-3/h13-14,17-18,20H,4-12,15-16,19H2,1-3H3,(H,28,31). The van der Waals surface area contributed by atoms with Crippen molar-refractivity contribution in [3.8, 4) is 22.8 Å². The van der Waals surface area contributed by atoms with E-state index in [1.54, 1.807) is 14.2 Å². The number of nitrogens with one attached hydrogen (secondary N) is 1. The number of ether oxygens (including phenoxy) is 2. The van der Waals surface area contributed by atoms with E-state index in [-0.39, 0.29) is 5.91 Å². The molecule has 1 saturated heterocycles. The molecule has 2 heterocycles. The highest BCUT2D eigenvalue weighted by atomic mass is 16.5. The van der Waals surface area contributed by atoms with Gasteiger partial charge in [0.05, 0.1) is 25.5 Å². The maximum atomic E-state index is 13.4. The molecular weight excluding hydrogens is 414 g/mol. The molecule has 0 bridgehead atoms. The van der Waals surface area contributed by atoms with Crippen molar-refractivity contribution in [2.75, 3.05) is 27.3 Å². The average Bonchev–Trinajstić information content (AvgIpc) is 3.23. The van der Waals surface area contributed by atoms with Crippen LogP contribution in [0.2, 0.25) is 0 Å². The van der Waals surface area contributed by atoms with Gasteiger partial charge >= 0.3 is 0 Å². The number of nitrogens with zero attached hydrogens (tertiary/aromatic N) is 2. The van der Waals surface area contributed by atoms with Gasteiger partial charge in [-0.15, -0.1) is 0 Å². The number of rotatable bonds is 8. The third kappa shape index (κ3) is 5.37. The Labute approximate surface area is 198 Å². The minimum Gasteiger partial charge on any atom is -0.497 e. The number of hydrogen-bond acceptors (Lipinski definition) is 4. The average molecular weight is 454 g/mol. The lowest BCUT2D eigenvalue weighted by Crippen LogP contribution is -2.45. The van der Waals surface area contributed by atoms with Gasteiger partial charge in [0.2, 0.25) is 0 Å². The van der Waals surface area contributed by atoms with Crippen LogP contribution in [-0.4, -0.2) is 42.8 Å². The van der Waals surface area contributed by atoms with Crippen LogP contribution in [0.1, 0.15) is 74.3 Å². The quantitative estimate of drug-likeness (QED) is 0.578. The fourth-order valence-electron chi connectivity index (χ4n) is 5.45. The van der Waals surface area contributed by atoms with Crippen LogP contribution in [0.3, 0.4) is 0 Å². The van der Waals surface area contributed by atoms with Crippen molar-refractivity contribution in [3.05, 3.63) is 35.5 Å². The van der Waals surface area contributed by atoms with Crippen molar-refractivity contribution in [2.24, 2.45) is 5.92 Å². The smallest absolute Gasteiger partial charge is 0.267 e. The second kappa shape index (κ2) is 11.1. The van der Waals surface area contributed by atoms with E-state index in [0.29, 0.717) is 5.92 Å². The first kappa shape index (κ1) is 23.7. The predicted molar refractivity (Wildman–Crippen MR) is 132 cm³/mol. The molecule has 1 N–H and O–H groups in total. The summed E-state index contributed by atoms with van der Waals surface area (Å²) in [4.78, 5) is 13.4. The molecule has 0 atom stereocenters. The van der Waals surface area contributed by atoms with Gasteiger partial charge in [0.25, 0.3) is 5.91 Å². The van der Waals surface area contributed by atoms with Crippen LogP contribution in [0.5, 0.6) is 11.5 Å². The molecule has 2 fully saturated rings. The van der Waals surface area contributed by atoms with Crippen LogP contribution in [0.25, 0.3) is 11.3 Å².